The summed E-state index contributed by atoms with van der Waals surface area (Å²) in [6.07, 6.45) is 0. The molecule has 0 radical (unpaired) electrons. The highest BCUT2D eigenvalue weighted by molar-refractivity contribution is 7.99. The first-order valence-electron chi connectivity index (χ1n) is 6.14. The van der Waals surface area contributed by atoms with E-state index >= 15 is 0 Å². The largest absolute Gasteiger partial charge is 0.323 e. The number of aromatic nitrogens is 2. The zero-order chi connectivity index (χ0) is 15.4. The molecule has 0 bridgehead atoms. The van der Waals surface area contributed by atoms with Gasteiger partial charge in [-0.25, -0.2) is 18.7 Å². The first-order valence-corrected chi connectivity index (χ1v) is 7.12. The number of thioether (sulfide) groups is 1. The summed E-state index contributed by atoms with van der Waals surface area (Å²) in [5, 5.41) is 2.79. The van der Waals surface area contributed by atoms with Crippen molar-refractivity contribution in [3.63, 3.8) is 0 Å². The fourth-order valence-electron chi connectivity index (χ4n) is 1.67. The van der Waals surface area contributed by atoms with E-state index in [1.807, 2.05) is 19.9 Å². The lowest BCUT2D eigenvalue weighted by molar-refractivity contribution is -0.113. The molecule has 1 N–H and O–H groups in total. The highest BCUT2D eigenvalue weighted by atomic mass is 32.2. The molecule has 4 nitrogen and oxygen atoms in total. The third-order valence-corrected chi connectivity index (χ3v) is 3.34. The molecule has 0 atom stereocenters. The number of rotatable bonds is 4. The number of hydrogen-bond donors (Lipinski definition) is 1. The van der Waals surface area contributed by atoms with E-state index in [9.17, 15) is 13.6 Å². The minimum absolute atomic E-state index is 0.0127. The average molecular weight is 309 g/mol. The van der Waals surface area contributed by atoms with Gasteiger partial charge in [-0.3, -0.25) is 4.79 Å². The van der Waals surface area contributed by atoms with Crippen LogP contribution in [0.5, 0.6) is 0 Å². The number of carbonyl (C=O) groups is 1. The van der Waals surface area contributed by atoms with Crippen LogP contribution in [0.1, 0.15) is 11.4 Å². The quantitative estimate of drug-likeness (QED) is 0.696. The van der Waals surface area contributed by atoms with E-state index in [0.717, 1.165) is 41.3 Å². The van der Waals surface area contributed by atoms with Gasteiger partial charge in [-0.15, -0.1) is 0 Å². The molecule has 7 heteroatoms. The summed E-state index contributed by atoms with van der Waals surface area (Å²) in [7, 11) is 0. The van der Waals surface area contributed by atoms with Crippen LogP contribution in [0.3, 0.4) is 0 Å². The molecule has 0 aliphatic rings. The van der Waals surface area contributed by atoms with Crippen molar-refractivity contribution in [2.24, 2.45) is 0 Å². The van der Waals surface area contributed by atoms with Gasteiger partial charge in [0, 0.05) is 17.5 Å². The summed E-state index contributed by atoms with van der Waals surface area (Å²) >= 11 is 1.14. The van der Waals surface area contributed by atoms with Crippen molar-refractivity contribution in [1.29, 1.82) is 0 Å². The van der Waals surface area contributed by atoms with E-state index < -0.39 is 17.5 Å². The SMILES string of the molecule is Cc1cc(C)nc(SCC(=O)Nc2cc(F)ccc2F)n1. The Kier molecular flexibility index (Phi) is 4.85. The molecular formula is C14H13F2N3OS. The summed E-state index contributed by atoms with van der Waals surface area (Å²) in [6, 6.07) is 4.71. The highest BCUT2D eigenvalue weighted by Gasteiger charge is 2.10. The number of halogens is 2. The average Bonchev–Trinajstić information content (AvgIpc) is 2.40. The van der Waals surface area contributed by atoms with Gasteiger partial charge in [-0.1, -0.05) is 11.8 Å². The van der Waals surface area contributed by atoms with Crippen LogP contribution < -0.4 is 5.32 Å². The first-order chi connectivity index (χ1) is 9.94. The topological polar surface area (TPSA) is 54.9 Å². The summed E-state index contributed by atoms with van der Waals surface area (Å²) in [6.45, 7) is 3.67. The van der Waals surface area contributed by atoms with Gasteiger partial charge in [0.05, 0.1) is 11.4 Å². The fraction of sp³-hybridized carbons (Fsp3) is 0.214. The van der Waals surface area contributed by atoms with Crippen LogP contribution in [0.4, 0.5) is 14.5 Å². The number of carbonyl (C=O) groups excluding carboxylic acids is 1. The Bertz CT molecular complexity index is 659. The van der Waals surface area contributed by atoms with Crippen molar-refractivity contribution in [3.8, 4) is 0 Å². The standard InChI is InChI=1S/C14H13F2N3OS/c1-8-5-9(2)18-14(17-8)21-7-13(20)19-12-6-10(15)3-4-11(12)16/h3-6H,7H2,1-2H3,(H,19,20). The number of aryl methyl sites for hydroxylation is 2. The van der Waals surface area contributed by atoms with Crippen LogP contribution in [-0.2, 0) is 4.79 Å². The summed E-state index contributed by atoms with van der Waals surface area (Å²) in [5.41, 5.74) is 1.44. The van der Waals surface area contributed by atoms with E-state index in [1.54, 1.807) is 0 Å². The van der Waals surface area contributed by atoms with E-state index in [1.165, 1.54) is 0 Å². The van der Waals surface area contributed by atoms with Crippen molar-refractivity contribution in [2.45, 2.75) is 19.0 Å². The van der Waals surface area contributed by atoms with Gasteiger partial charge in [0.1, 0.15) is 11.6 Å². The predicted molar refractivity (Wildman–Crippen MR) is 77.2 cm³/mol. The Hall–Kier alpha value is -2.02. The summed E-state index contributed by atoms with van der Waals surface area (Å²) in [5.74, 6) is -1.74. The molecule has 1 amide bonds. The molecule has 1 heterocycles. The van der Waals surface area contributed by atoms with E-state index in [-0.39, 0.29) is 11.4 Å². The predicted octanol–water partition coefficient (Wildman–Crippen LogP) is 3.10. The van der Waals surface area contributed by atoms with E-state index in [4.69, 9.17) is 0 Å². The van der Waals surface area contributed by atoms with Crippen molar-refractivity contribution >= 4 is 23.4 Å². The van der Waals surface area contributed by atoms with Crippen LogP contribution in [0.15, 0.2) is 29.4 Å². The third-order valence-electron chi connectivity index (χ3n) is 2.50. The van der Waals surface area contributed by atoms with Gasteiger partial charge in [0.15, 0.2) is 5.16 Å². The third kappa shape index (κ3) is 4.49. The van der Waals surface area contributed by atoms with Gasteiger partial charge in [0.25, 0.3) is 0 Å². The van der Waals surface area contributed by atoms with E-state index in [0.29, 0.717) is 5.16 Å². The molecule has 2 rings (SSSR count). The fourth-order valence-corrected chi connectivity index (χ4v) is 2.42. The molecule has 0 aliphatic carbocycles. The molecular weight excluding hydrogens is 296 g/mol. The van der Waals surface area contributed by atoms with Crippen molar-refractivity contribution in [2.75, 3.05) is 11.1 Å². The molecule has 110 valence electrons. The van der Waals surface area contributed by atoms with Crippen molar-refractivity contribution < 1.29 is 13.6 Å². The summed E-state index contributed by atoms with van der Waals surface area (Å²) < 4.78 is 26.4. The van der Waals surface area contributed by atoms with Crippen LogP contribution in [-0.4, -0.2) is 21.6 Å². The Morgan fingerprint density at radius 3 is 2.52 bits per heavy atom. The highest BCUT2D eigenvalue weighted by Crippen LogP contribution is 2.17. The normalized spacial score (nSPS) is 10.5. The minimum atomic E-state index is -0.683. The van der Waals surface area contributed by atoms with Crippen LogP contribution in [0.25, 0.3) is 0 Å². The molecule has 1 aromatic heterocycles. The Morgan fingerprint density at radius 1 is 1.19 bits per heavy atom. The van der Waals surface area contributed by atoms with Crippen LogP contribution in [0.2, 0.25) is 0 Å². The second kappa shape index (κ2) is 6.62. The minimum Gasteiger partial charge on any atom is -0.323 e. The molecule has 2 aromatic rings. The molecule has 1 aromatic carbocycles. The van der Waals surface area contributed by atoms with Crippen LogP contribution in [0, 0.1) is 25.5 Å². The zero-order valence-corrected chi connectivity index (χ0v) is 12.3. The van der Waals surface area contributed by atoms with E-state index in [2.05, 4.69) is 15.3 Å². The Labute approximate surface area is 125 Å². The maximum absolute atomic E-state index is 13.4. The second-order valence-electron chi connectivity index (χ2n) is 4.39. The van der Waals surface area contributed by atoms with Gasteiger partial charge >= 0.3 is 0 Å². The monoisotopic (exact) mass is 309 g/mol. The lowest BCUT2D eigenvalue weighted by atomic mass is 10.3. The first kappa shape index (κ1) is 15.4. The zero-order valence-electron chi connectivity index (χ0n) is 11.5. The molecule has 0 saturated heterocycles. The van der Waals surface area contributed by atoms with Gasteiger partial charge in [0.2, 0.25) is 5.91 Å². The lowest BCUT2D eigenvalue weighted by Crippen LogP contribution is -2.15. The maximum Gasteiger partial charge on any atom is 0.234 e. The number of anilines is 1. The number of nitrogens with one attached hydrogen (secondary N) is 1. The van der Waals surface area contributed by atoms with Gasteiger partial charge < -0.3 is 5.32 Å². The molecule has 0 fully saturated rings. The number of benzene rings is 1. The molecule has 21 heavy (non-hydrogen) atoms. The smallest absolute Gasteiger partial charge is 0.234 e. The lowest BCUT2D eigenvalue weighted by Gasteiger charge is -2.06. The molecule has 0 unspecified atom stereocenters. The number of amides is 1. The van der Waals surface area contributed by atoms with Crippen molar-refractivity contribution in [1.82, 2.24) is 9.97 Å². The number of hydrogen-bond acceptors (Lipinski definition) is 4. The van der Waals surface area contributed by atoms with Crippen LogP contribution >= 0.6 is 11.8 Å². The molecule has 0 spiro atoms. The Balaban J connectivity index is 1.97. The second-order valence-corrected chi connectivity index (χ2v) is 5.34. The molecule has 0 saturated carbocycles. The Morgan fingerprint density at radius 2 is 1.86 bits per heavy atom. The van der Waals surface area contributed by atoms with Gasteiger partial charge in [-0.2, -0.15) is 0 Å². The summed E-state index contributed by atoms with van der Waals surface area (Å²) in [4.78, 5) is 20.1. The maximum atomic E-state index is 13.4. The molecule has 0 aliphatic heterocycles. The number of nitrogens with zero attached hydrogens (tertiary/aromatic N) is 2. The van der Waals surface area contributed by atoms with Gasteiger partial charge in [-0.05, 0) is 32.0 Å². The van der Waals surface area contributed by atoms with Crippen molar-refractivity contribution in [3.05, 3.63) is 47.3 Å².